The summed E-state index contributed by atoms with van der Waals surface area (Å²) >= 11 is 5.94. The summed E-state index contributed by atoms with van der Waals surface area (Å²) in [4.78, 5) is 17.2. The van der Waals surface area contributed by atoms with Crippen molar-refractivity contribution in [3.8, 4) is 0 Å². The Morgan fingerprint density at radius 1 is 1.04 bits per heavy atom. The zero-order valence-electron chi connectivity index (χ0n) is 14.7. The number of halogens is 1. The van der Waals surface area contributed by atoms with Crippen LogP contribution in [0.4, 0.5) is 11.4 Å². The zero-order chi connectivity index (χ0) is 17.8. The summed E-state index contributed by atoms with van der Waals surface area (Å²) in [5.74, 6) is -0.152. The Bertz CT molecular complexity index is 722. The van der Waals surface area contributed by atoms with Crippen LogP contribution in [0.1, 0.15) is 24.2 Å². The smallest absolute Gasteiger partial charge is 0.255 e. The molecule has 2 aromatic carbocycles. The molecule has 3 rings (SSSR count). The van der Waals surface area contributed by atoms with Crippen LogP contribution in [0.5, 0.6) is 0 Å². The number of hydrogen-bond donors (Lipinski definition) is 1. The predicted molar refractivity (Wildman–Crippen MR) is 105 cm³/mol. The van der Waals surface area contributed by atoms with Gasteiger partial charge in [0, 0.05) is 54.2 Å². The van der Waals surface area contributed by atoms with E-state index in [1.165, 1.54) is 5.69 Å². The number of amides is 1. The van der Waals surface area contributed by atoms with Crippen LogP contribution < -0.4 is 10.2 Å². The molecule has 0 spiro atoms. The Balaban J connectivity index is 1.60. The van der Waals surface area contributed by atoms with Gasteiger partial charge in [0.2, 0.25) is 0 Å². The standard InChI is InChI=1S/C20H24ClN3O/c1-15(2)23-10-12-24(13-11-23)19-8-6-18(7-9-19)22-20(25)16-4-3-5-17(21)14-16/h3-9,14-15H,10-13H2,1-2H3,(H,22,25). The van der Waals surface area contributed by atoms with Gasteiger partial charge in [0.1, 0.15) is 0 Å². The van der Waals surface area contributed by atoms with Gasteiger partial charge >= 0.3 is 0 Å². The molecule has 5 heteroatoms. The van der Waals surface area contributed by atoms with Crippen LogP contribution in [0.3, 0.4) is 0 Å². The van der Waals surface area contributed by atoms with Gasteiger partial charge in [0.15, 0.2) is 0 Å². The van der Waals surface area contributed by atoms with E-state index < -0.39 is 0 Å². The second-order valence-electron chi connectivity index (χ2n) is 6.63. The third kappa shape index (κ3) is 4.53. The van der Waals surface area contributed by atoms with E-state index >= 15 is 0 Å². The molecular weight excluding hydrogens is 334 g/mol. The van der Waals surface area contributed by atoms with Crippen molar-refractivity contribution in [3.05, 3.63) is 59.1 Å². The average Bonchev–Trinajstić information content (AvgIpc) is 2.62. The number of benzene rings is 2. The molecule has 1 aliphatic heterocycles. The molecule has 0 aromatic heterocycles. The third-order valence-corrected chi connectivity index (χ3v) is 4.86. The third-order valence-electron chi connectivity index (χ3n) is 4.62. The molecular formula is C20H24ClN3O. The first-order chi connectivity index (χ1) is 12.0. The minimum atomic E-state index is -0.152. The number of nitrogens with zero attached hydrogens (tertiary/aromatic N) is 2. The van der Waals surface area contributed by atoms with Crippen molar-refractivity contribution in [1.29, 1.82) is 0 Å². The summed E-state index contributed by atoms with van der Waals surface area (Å²) in [6.45, 7) is 8.73. The molecule has 1 heterocycles. The normalized spacial score (nSPS) is 15.4. The highest BCUT2D eigenvalue weighted by Crippen LogP contribution is 2.21. The lowest BCUT2D eigenvalue weighted by Gasteiger charge is -2.38. The molecule has 1 saturated heterocycles. The Morgan fingerprint density at radius 2 is 1.72 bits per heavy atom. The van der Waals surface area contributed by atoms with Crippen LogP contribution >= 0.6 is 11.6 Å². The van der Waals surface area contributed by atoms with E-state index in [0.29, 0.717) is 16.6 Å². The molecule has 0 bridgehead atoms. The number of carbonyl (C=O) groups excluding carboxylic acids is 1. The van der Waals surface area contributed by atoms with E-state index in [0.717, 1.165) is 31.9 Å². The van der Waals surface area contributed by atoms with E-state index in [4.69, 9.17) is 11.6 Å². The second kappa shape index (κ2) is 7.89. The van der Waals surface area contributed by atoms with Crippen molar-refractivity contribution >= 4 is 28.9 Å². The van der Waals surface area contributed by atoms with Crippen molar-refractivity contribution in [2.75, 3.05) is 36.4 Å². The molecule has 0 unspecified atom stereocenters. The first-order valence-electron chi connectivity index (χ1n) is 8.69. The van der Waals surface area contributed by atoms with Crippen molar-refractivity contribution in [2.45, 2.75) is 19.9 Å². The highest BCUT2D eigenvalue weighted by Gasteiger charge is 2.18. The maximum Gasteiger partial charge on any atom is 0.255 e. The summed E-state index contributed by atoms with van der Waals surface area (Å²) in [5, 5.41) is 3.47. The number of nitrogens with one attached hydrogen (secondary N) is 1. The van der Waals surface area contributed by atoms with Gasteiger partial charge in [-0.15, -0.1) is 0 Å². The van der Waals surface area contributed by atoms with Crippen LogP contribution in [0.25, 0.3) is 0 Å². The molecule has 0 radical (unpaired) electrons. The van der Waals surface area contributed by atoms with Crippen molar-refractivity contribution < 1.29 is 4.79 Å². The van der Waals surface area contributed by atoms with Crippen LogP contribution in [0.2, 0.25) is 5.02 Å². The van der Waals surface area contributed by atoms with Crippen molar-refractivity contribution in [2.24, 2.45) is 0 Å². The molecule has 2 aromatic rings. The van der Waals surface area contributed by atoms with Crippen LogP contribution in [-0.2, 0) is 0 Å². The Morgan fingerprint density at radius 3 is 2.32 bits per heavy atom. The minimum Gasteiger partial charge on any atom is -0.369 e. The average molecular weight is 358 g/mol. The molecule has 0 atom stereocenters. The van der Waals surface area contributed by atoms with Gasteiger partial charge in [-0.05, 0) is 56.3 Å². The summed E-state index contributed by atoms with van der Waals surface area (Å²) in [6, 6.07) is 15.6. The van der Waals surface area contributed by atoms with Crippen molar-refractivity contribution in [3.63, 3.8) is 0 Å². The number of carbonyl (C=O) groups is 1. The van der Waals surface area contributed by atoms with Gasteiger partial charge in [-0.2, -0.15) is 0 Å². The lowest BCUT2D eigenvalue weighted by Crippen LogP contribution is -2.48. The Kier molecular flexibility index (Phi) is 5.61. The van der Waals surface area contributed by atoms with Gasteiger partial charge in [-0.1, -0.05) is 17.7 Å². The lowest BCUT2D eigenvalue weighted by molar-refractivity contribution is 0.102. The topological polar surface area (TPSA) is 35.6 Å². The number of anilines is 2. The van der Waals surface area contributed by atoms with Crippen LogP contribution in [-0.4, -0.2) is 43.0 Å². The summed E-state index contributed by atoms with van der Waals surface area (Å²) in [5.41, 5.74) is 2.54. The highest BCUT2D eigenvalue weighted by atomic mass is 35.5. The maximum absolute atomic E-state index is 12.3. The van der Waals surface area contributed by atoms with E-state index in [1.54, 1.807) is 24.3 Å². The first-order valence-corrected chi connectivity index (χ1v) is 9.07. The van der Waals surface area contributed by atoms with Gasteiger partial charge < -0.3 is 10.2 Å². The largest absolute Gasteiger partial charge is 0.369 e. The first kappa shape index (κ1) is 17.8. The maximum atomic E-state index is 12.3. The van der Waals surface area contributed by atoms with Crippen LogP contribution in [0.15, 0.2) is 48.5 Å². The quantitative estimate of drug-likeness (QED) is 0.893. The van der Waals surface area contributed by atoms with Crippen molar-refractivity contribution in [1.82, 2.24) is 4.90 Å². The van der Waals surface area contributed by atoms with Gasteiger partial charge in [-0.25, -0.2) is 0 Å². The van der Waals surface area contributed by atoms with Gasteiger partial charge in [-0.3, -0.25) is 9.69 Å². The number of hydrogen-bond acceptors (Lipinski definition) is 3. The SMILES string of the molecule is CC(C)N1CCN(c2ccc(NC(=O)c3cccc(Cl)c3)cc2)CC1. The van der Waals surface area contributed by atoms with Gasteiger partial charge in [0.05, 0.1) is 0 Å². The molecule has 132 valence electrons. The fourth-order valence-corrected chi connectivity index (χ4v) is 3.28. The lowest BCUT2D eigenvalue weighted by atomic mass is 10.2. The summed E-state index contributed by atoms with van der Waals surface area (Å²) in [6.07, 6.45) is 0. The predicted octanol–water partition coefficient (Wildman–Crippen LogP) is 4.12. The molecule has 1 N–H and O–H groups in total. The molecule has 1 fully saturated rings. The molecule has 1 amide bonds. The monoisotopic (exact) mass is 357 g/mol. The molecule has 1 aliphatic rings. The summed E-state index contributed by atoms with van der Waals surface area (Å²) in [7, 11) is 0. The van der Waals surface area contributed by atoms with E-state index in [1.807, 2.05) is 12.1 Å². The van der Waals surface area contributed by atoms with Gasteiger partial charge in [0.25, 0.3) is 5.91 Å². The van der Waals surface area contributed by atoms with E-state index in [-0.39, 0.29) is 5.91 Å². The highest BCUT2D eigenvalue weighted by molar-refractivity contribution is 6.31. The minimum absolute atomic E-state index is 0.152. The Labute approximate surface area is 154 Å². The number of piperazine rings is 1. The second-order valence-corrected chi connectivity index (χ2v) is 7.06. The molecule has 0 aliphatic carbocycles. The van der Waals surface area contributed by atoms with Crippen LogP contribution in [0, 0.1) is 0 Å². The molecule has 0 saturated carbocycles. The molecule has 25 heavy (non-hydrogen) atoms. The molecule has 4 nitrogen and oxygen atoms in total. The van der Waals surface area contributed by atoms with E-state index in [2.05, 4.69) is 41.1 Å². The van der Waals surface area contributed by atoms with E-state index in [9.17, 15) is 4.79 Å². The zero-order valence-corrected chi connectivity index (χ0v) is 15.5. The fraction of sp³-hybridized carbons (Fsp3) is 0.350. The summed E-state index contributed by atoms with van der Waals surface area (Å²) < 4.78 is 0. The fourth-order valence-electron chi connectivity index (χ4n) is 3.09. The Hall–Kier alpha value is -2.04. The number of rotatable bonds is 4.